The van der Waals surface area contributed by atoms with Crippen LogP contribution >= 0.6 is 11.3 Å². The van der Waals surface area contributed by atoms with Gasteiger partial charge < -0.3 is 10.6 Å². The van der Waals surface area contributed by atoms with Gasteiger partial charge in [-0.25, -0.2) is 0 Å². The first-order valence-corrected chi connectivity index (χ1v) is 6.59. The largest absolute Gasteiger partial charge is 0.352 e. The quantitative estimate of drug-likeness (QED) is 0.797. The topological polar surface area (TPSA) is 41.1 Å². The fourth-order valence-corrected chi connectivity index (χ4v) is 2.45. The van der Waals surface area contributed by atoms with E-state index >= 15 is 0 Å². The Bertz CT molecular complexity index is 507. The zero-order valence-electron chi connectivity index (χ0n) is 9.82. The van der Waals surface area contributed by atoms with Gasteiger partial charge in [0.05, 0.1) is 0 Å². The van der Waals surface area contributed by atoms with Gasteiger partial charge in [-0.2, -0.15) is 0 Å². The Morgan fingerprint density at radius 2 is 2.18 bits per heavy atom. The van der Waals surface area contributed by atoms with Crippen LogP contribution in [0.1, 0.15) is 16.8 Å². The maximum Gasteiger partial charge on any atom is 0.251 e. The number of amides is 1. The van der Waals surface area contributed by atoms with Crippen LogP contribution in [-0.4, -0.2) is 26.0 Å². The van der Waals surface area contributed by atoms with Gasteiger partial charge >= 0.3 is 0 Å². The van der Waals surface area contributed by atoms with Crippen molar-refractivity contribution in [2.45, 2.75) is 6.42 Å². The van der Waals surface area contributed by atoms with Crippen molar-refractivity contribution in [1.29, 1.82) is 0 Å². The van der Waals surface area contributed by atoms with Crippen molar-refractivity contribution in [3.05, 3.63) is 35.2 Å². The molecule has 0 aliphatic carbocycles. The number of fused-ring (bicyclic) bond motifs is 1. The number of nitrogens with one attached hydrogen (secondary N) is 2. The summed E-state index contributed by atoms with van der Waals surface area (Å²) < 4.78 is 1.22. The van der Waals surface area contributed by atoms with Crippen LogP contribution < -0.4 is 10.6 Å². The van der Waals surface area contributed by atoms with Crippen LogP contribution in [0, 0.1) is 0 Å². The Labute approximate surface area is 105 Å². The molecule has 0 unspecified atom stereocenters. The summed E-state index contributed by atoms with van der Waals surface area (Å²) in [6.45, 7) is 1.63. The maximum atomic E-state index is 11.8. The molecule has 3 nitrogen and oxygen atoms in total. The molecule has 0 atom stereocenters. The van der Waals surface area contributed by atoms with E-state index in [1.807, 2.05) is 36.7 Å². The third kappa shape index (κ3) is 3.05. The Balaban J connectivity index is 1.98. The number of hydrogen-bond donors (Lipinski definition) is 2. The second-order valence-corrected chi connectivity index (χ2v) is 4.83. The van der Waals surface area contributed by atoms with Crippen LogP contribution in [0.15, 0.2) is 29.6 Å². The van der Waals surface area contributed by atoms with Gasteiger partial charge in [-0.1, -0.05) is 0 Å². The van der Waals surface area contributed by atoms with Crippen LogP contribution in [0.25, 0.3) is 10.1 Å². The molecular weight excluding hydrogens is 232 g/mol. The second-order valence-electron chi connectivity index (χ2n) is 3.89. The van der Waals surface area contributed by atoms with E-state index in [0.717, 1.165) is 23.9 Å². The molecule has 1 aromatic heterocycles. The highest BCUT2D eigenvalue weighted by molar-refractivity contribution is 7.17. The number of hydrogen-bond acceptors (Lipinski definition) is 3. The normalized spacial score (nSPS) is 10.6. The molecule has 0 radical (unpaired) electrons. The SMILES string of the molecule is CNCCCNC(=O)c1ccc2sccc2c1. The molecule has 0 bridgehead atoms. The highest BCUT2D eigenvalue weighted by Crippen LogP contribution is 2.21. The van der Waals surface area contributed by atoms with Gasteiger partial charge in [0.2, 0.25) is 0 Å². The molecule has 2 N–H and O–H groups in total. The molecule has 1 heterocycles. The Morgan fingerprint density at radius 1 is 1.29 bits per heavy atom. The Hall–Kier alpha value is -1.39. The molecule has 1 aromatic carbocycles. The van der Waals surface area contributed by atoms with E-state index < -0.39 is 0 Å². The molecular formula is C13H16N2OS. The number of thiophene rings is 1. The summed E-state index contributed by atoms with van der Waals surface area (Å²) in [5.41, 5.74) is 0.736. The lowest BCUT2D eigenvalue weighted by Crippen LogP contribution is -2.26. The van der Waals surface area contributed by atoms with Crippen molar-refractivity contribution in [3.8, 4) is 0 Å². The molecule has 0 aliphatic heterocycles. The van der Waals surface area contributed by atoms with E-state index in [4.69, 9.17) is 0 Å². The summed E-state index contributed by atoms with van der Waals surface area (Å²) in [7, 11) is 1.91. The minimum atomic E-state index is 0.00852. The molecule has 4 heteroatoms. The molecule has 0 saturated carbocycles. The van der Waals surface area contributed by atoms with Crippen molar-refractivity contribution in [3.63, 3.8) is 0 Å². The Morgan fingerprint density at radius 3 is 3.00 bits per heavy atom. The third-order valence-electron chi connectivity index (χ3n) is 2.60. The highest BCUT2D eigenvalue weighted by atomic mass is 32.1. The number of carbonyl (C=O) groups is 1. The second kappa shape index (κ2) is 5.80. The predicted molar refractivity (Wildman–Crippen MR) is 72.7 cm³/mol. The molecule has 2 aromatic rings. The van der Waals surface area contributed by atoms with Crippen LogP contribution in [-0.2, 0) is 0 Å². The van der Waals surface area contributed by atoms with Crippen molar-refractivity contribution in [2.24, 2.45) is 0 Å². The summed E-state index contributed by atoms with van der Waals surface area (Å²) in [5.74, 6) is 0.00852. The van der Waals surface area contributed by atoms with E-state index in [1.54, 1.807) is 11.3 Å². The fourth-order valence-electron chi connectivity index (χ4n) is 1.68. The zero-order valence-corrected chi connectivity index (χ0v) is 10.6. The molecule has 90 valence electrons. The number of rotatable bonds is 5. The van der Waals surface area contributed by atoms with Crippen LogP contribution in [0.2, 0.25) is 0 Å². The van der Waals surface area contributed by atoms with Gasteiger partial charge in [-0.15, -0.1) is 11.3 Å². The maximum absolute atomic E-state index is 11.8. The fraction of sp³-hybridized carbons (Fsp3) is 0.308. The third-order valence-corrected chi connectivity index (χ3v) is 3.50. The summed E-state index contributed by atoms with van der Waals surface area (Å²) in [5, 5.41) is 9.14. The highest BCUT2D eigenvalue weighted by Gasteiger charge is 2.05. The molecule has 0 saturated heterocycles. The number of benzene rings is 1. The molecule has 0 fully saturated rings. The minimum Gasteiger partial charge on any atom is -0.352 e. The monoisotopic (exact) mass is 248 g/mol. The number of carbonyl (C=O) groups excluding carboxylic acids is 1. The lowest BCUT2D eigenvalue weighted by atomic mass is 10.1. The summed E-state index contributed by atoms with van der Waals surface area (Å²) >= 11 is 1.69. The van der Waals surface area contributed by atoms with Crippen molar-refractivity contribution < 1.29 is 4.79 Å². The van der Waals surface area contributed by atoms with Crippen molar-refractivity contribution in [1.82, 2.24) is 10.6 Å². The minimum absolute atomic E-state index is 0.00852. The lowest BCUT2D eigenvalue weighted by molar-refractivity contribution is 0.0953. The van der Waals surface area contributed by atoms with Crippen LogP contribution in [0.4, 0.5) is 0 Å². The van der Waals surface area contributed by atoms with Gasteiger partial charge in [0.25, 0.3) is 5.91 Å². The molecule has 2 rings (SSSR count). The molecule has 0 aliphatic rings. The van der Waals surface area contributed by atoms with Gasteiger partial charge in [0.15, 0.2) is 0 Å². The van der Waals surface area contributed by atoms with E-state index in [2.05, 4.69) is 10.6 Å². The predicted octanol–water partition coefficient (Wildman–Crippen LogP) is 2.24. The first-order valence-electron chi connectivity index (χ1n) is 5.71. The summed E-state index contributed by atoms with van der Waals surface area (Å²) in [6.07, 6.45) is 0.947. The smallest absolute Gasteiger partial charge is 0.251 e. The van der Waals surface area contributed by atoms with Crippen LogP contribution in [0.3, 0.4) is 0 Å². The van der Waals surface area contributed by atoms with E-state index in [1.165, 1.54) is 4.70 Å². The summed E-state index contributed by atoms with van der Waals surface area (Å²) in [4.78, 5) is 11.8. The van der Waals surface area contributed by atoms with Crippen LogP contribution in [0.5, 0.6) is 0 Å². The average molecular weight is 248 g/mol. The Kier molecular flexibility index (Phi) is 4.12. The van der Waals surface area contributed by atoms with Gasteiger partial charge in [-0.05, 0) is 55.0 Å². The van der Waals surface area contributed by atoms with Gasteiger partial charge in [-0.3, -0.25) is 4.79 Å². The van der Waals surface area contributed by atoms with E-state index in [9.17, 15) is 4.79 Å². The lowest BCUT2D eigenvalue weighted by Gasteiger charge is -2.05. The van der Waals surface area contributed by atoms with E-state index in [0.29, 0.717) is 6.54 Å². The zero-order chi connectivity index (χ0) is 12.1. The molecule has 1 amide bonds. The van der Waals surface area contributed by atoms with E-state index in [-0.39, 0.29) is 5.91 Å². The summed E-state index contributed by atoms with van der Waals surface area (Å²) in [6, 6.07) is 7.87. The molecule has 0 spiro atoms. The first kappa shape index (κ1) is 12.1. The first-order chi connectivity index (χ1) is 8.31. The van der Waals surface area contributed by atoms with Gasteiger partial charge in [0, 0.05) is 16.8 Å². The van der Waals surface area contributed by atoms with Crippen molar-refractivity contribution >= 4 is 27.3 Å². The standard InChI is InChI=1S/C13H16N2OS/c1-14-6-2-7-15-13(16)11-3-4-12-10(9-11)5-8-17-12/h3-5,8-9,14H,2,6-7H2,1H3,(H,15,16). The average Bonchev–Trinajstić information content (AvgIpc) is 2.81. The van der Waals surface area contributed by atoms with Gasteiger partial charge in [0.1, 0.15) is 0 Å². The van der Waals surface area contributed by atoms with Crippen molar-refractivity contribution in [2.75, 3.05) is 20.1 Å². The molecule has 17 heavy (non-hydrogen) atoms.